The molecule has 0 fully saturated rings. The Balaban J connectivity index is 2.79. The van der Waals surface area contributed by atoms with Crippen molar-refractivity contribution >= 4 is 11.9 Å². The summed E-state index contributed by atoms with van der Waals surface area (Å²) in [6, 6.07) is 7.78. The first kappa shape index (κ1) is 24.0. The van der Waals surface area contributed by atoms with Crippen LogP contribution < -0.4 is 16.0 Å². The highest BCUT2D eigenvalue weighted by molar-refractivity contribution is 5.94. The van der Waals surface area contributed by atoms with Crippen LogP contribution in [0.15, 0.2) is 29.3 Å². The average Bonchev–Trinajstić information content (AvgIpc) is 2.65. The van der Waals surface area contributed by atoms with E-state index < -0.39 is 0 Å². The molecule has 0 aliphatic carbocycles. The lowest BCUT2D eigenvalue weighted by Crippen LogP contribution is -2.45. The Morgan fingerprint density at radius 3 is 2.50 bits per heavy atom. The van der Waals surface area contributed by atoms with Gasteiger partial charge in [-0.2, -0.15) is 0 Å². The van der Waals surface area contributed by atoms with Crippen LogP contribution in [0.3, 0.4) is 0 Å². The Labute approximate surface area is 170 Å². The van der Waals surface area contributed by atoms with Crippen molar-refractivity contribution in [2.24, 2.45) is 10.4 Å². The molecule has 0 aromatic heterocycles. The molecule has 2 atom stereocenters. The van der Waals surface area contributed by atoms with Crippen LogP contribution >= 0.6 is 0 Å². The molecule has 0 saturated carbocycles. The molecule has 1 aromatic rings. The van der Waals surface area contributed by atoms with Crippen LogP contribution in [-0.4, -0.2) is 44.2 Å². The number of benzene rings is 1. The first-order chi connectivity index (χ1) is 13.2. The minimum absolute atomic E-state index is 0.0381. The van der Waals surface area contributed by atoms with Crippen LogP contribution in [0.2, 0.25) is 0 Å². The number of carbonyl (C=O) groups excluding carboxylic acids is 1. The molecule has 28 heavy (non-hydrogen) atoms. The third-order valence-corrected chi connectivity index (χ3v) is 4.65. The van der Waals surface area contributed by atoms with E-state index in [1.54, 1.807) is 7.11 Å². The quantitative estimate of drug-likeness (QED) is 0.447. The van der Waals surface area contributed by atoms with E-state index >= 15 is 0 Å². The van der Waals surface area contributed by atoms with Gasteiger partial charge in [-0.15, -0.1) is 0 Å². The van der Waals surface area contributed by atoms with E-state index in [1.807, 2.05) is 38.1 Å². The maximum Gasteiger partial charge on any atom is 0.251 e. The highest BCUT2D eigenvalue weighted by Gasteiger charge is 2.24. The summed E-state index contributed by atoms with van der Waals surface area (Å²) in [6.07, 6.45) is 0.980. The second-order valence-corrected chi connectivity index (χ2v) is 8.15. The molecule has 0 bridgehead atoms. The van der Waals surface area contributed by atoms with Gasteiger partial charge in [0.25, 0.3) is 5.91 Å². The molecular formula is C22H38N4O2. The highest BCUT2D eigenvalue weighted by Crippen LogP contribution is 2.20. The van der Waals surface area contributed by atoms with Crippen molar-refractivity contribution in [3.8, 4) is 0 Å². The van der Waals surface area contributed by atoms with Gasteiger partial charge in [0, 0.05) is 31.8 Å². The SMILES string of the molecule is CCNC(=NCc1cccc(C(=O)NC(C)CC)c1)NCC(OC)C(C)(C)C. The zero-order valence-electron chi connectivity index (χ0n) is 18.6. The predicted molar refractivity (Wildman–Crippen MR) is 117 cm³/mol. The van der Waals surface area contributed by atoms with E-state index in [1.165, 1.54) is 0 Å². The number of aliphatic imine (C=N–C) groups is 1. The van der Waals surface area contributed by atoms with Crippen molar-refractivity contribution in [2.75, 3.05) is 20.2 Å². The third-order valence-electron chi connectivity index (χ3n) is 4.65. The molecule has 1 rings (SSSR count). The Kier molecular flexibility index (Phi) is 10.0. The monoisotopic (exact) mass is 390 g/mol. The number of hydrogen-bond donors (Lipinski definition) is 3. The molecule has 158 valence electrons. The number of nitrogens with zero attached hydrogens (tertiary/aromatic N) is 1. The van der Waals surface area contributed by atoms with E-state index in [-0.39, 0.29) is 23.5 Å². The lowest BCUT2D eigenvalue weighted by Gasteiger charge is -2.30. The fourth-order valence-corrected chi connectivity index (χ4v) is 2.66. The topological polar surface area (TPSA) is 74.8 Å². The van der Waals surface area contributed by atoms with Gasteiger partial charge in [0.15, 0.2) is 5.96 Å². The number of amides is 1. The largest absolute Gasteiger partial charge is 0.379 e. The standard InChI is InChI=1S/C22H38N4O2/c1-8-16(3)26-20(27)18-12-10-11-17(13-18)14-24-21(23-9-2)25-15-19(28-7)22(4,5)6/h10-13,16,19H,8-9,14-15H2,1-7H3,(H,26,27)(H2,23,24,25). The lowest BCUT2D eigenvalue weighted by atomic mass is 9.89. The molecular weight excluding hydrogens is 352 g/mol. The molecule has 0 saturated heterocycles. The van der Waals surface area contributed by atoms with Crippen molar-refractivity contribution < 1.29 is 9.53 Å². The molecule has 2 unspecified atom stereocenters. The maximum atomic E-state index is 12.3. The summed E-state index contributed by atoms with van der Waals surface area (Å²) < 4.78 is 5.60. The molecule has 0 aliphatic rings. The minimum atomic E-state index is -0.0432. The number of guanidine groups is 1. The van der Waals surface area contributed by atoms with E-state index in [2.05, 4.69) is 48.6 Å². The van der Waals surface area contributed by atoms with E-state index in [9.17, 15) is 4.79 Å². The Morgan fingerprint density at radius 1 is 1.21 bits per heavy atom. The van der Waals surface area contributed by atoms with Crippen LogP contribution in [0.5, 0.6) is 0 Å². The van der Waals surface area contributed by atoms with Gasteiger partial charge in [-0.3, -0.25) is 4.79 Å². The zero-order valence-corrected chi connectivity index (χ0v) is 18.6. The summed E-state index contributed by atoms with van der Waals surface area (Å²) in [7, 11) is 1.73. The molecule has 1 amide bonds. The first-order valence-electron chi connectivity index (χ1n) is 10.2. The van der Waals surface area contributed by atoms with E-state index in [4.69, 9.17) is 4.74 Å². The van der Waals surface area contributed by atoms with E-state index in [0.717, 1.165) is 24.5 Å². The summed E-state index contributed by atoms with van der Waals surface area (Å²) in [5.74, 6) is 0.696. The fourth-order valence-electron chi connectivity index (χ4n) is 2.66. The number of ether oxygens (including phenoxy) is 1. The second kappa shape index (κ2) is 11.7. The summed E-state index contributed by atoms with van der Waals surface area (Å²) >= 11 is 0. The highest BCUT2D eigenvalue weighted by atomic mass is 16.5. The molecule has 0 aliphatic heterocycles. The van der Waals surface area contributed by atoms with Crippen molar-refractivity contribution in [1.29, 1.82) is 0 Å². The number of nitrogens with one attached hydrogen (secondary N) is 3. The Bertz CT molecular complexity index is 638. The van der Waals surface area contributed by atoms with Crippen molar-refractivity contribution in [2.45, 2.75) is 66.7 Å². The Hall–Kier alpha value is -2.08. The van der Waals surface area contributed by atoms with Gasteiger partial charge >= 0.3 is 0 Å². The van der Waals surface area contributed by atoms with Crippen LogP contribution in [0, 0.1) is 5.41 Å². The summed E-state index contributed by atoms with van der Waals surface area (Å²) in [6.45, 7) is 14.5. The number of hydrogen-bond acceptors (Lipinski definition) is 3. The molecule has 6 nitrogen and oxygen atoms in total. The average molecular weight is 391 g/mol. The molecule has 6 heteroatoms. The number of methoxy groups -OCH3 is 1. The lowest BCUT2D eigenvalue weighted by molar-refractivity contribution is 0.0205. The molecule has 1 aromatic carbocycles. The smallest absolute Gasteiger partial charge is 0.251 e. The molecule has 0 spiro atoms. The number of rotatable bonds is 9. The Morgan fingerprint density at radius 2 is 1.93 bits per heavy atom. The third kappa shape index (κ3) is 8.30. The summed E-state index contributed by atoms with van der Waals surface area (Å²) in [5.41, 5.74) is 1.70. The van der Waals surface area contributed by atoms with Gasteiger partial charge in [0.2, 0.25) is 0 Å². The second-order valence-electron chi connectivity index (χ2n) is 8.15. The summed E-state index contributed by atoms with van der Waals surface area (Å²) in [4.78, 5) is 17.0. The van der Waals surface area contributed by atoms with Crippen LogP contribution in [-0.2, 0) is 11.3 Å². The van der Waals surface area contributed by atoms with Crippen LogP contribution in [0.4, 0.5) is 0 Å². The summed E-state index contributed by atoms with van der Waals surface area (Å²) in [5, 5.41) is 9.61. The van der Waals surface area contributed by atoms with Gasteiger partial charge in [0.1, 0.15) is 0 Å². The van der Waals surface area contributed by atoms with Crippen LogP contribution in [0.25, 0.3) is 0 Å². The normalized spacial score (nSPS) is 14.3. The fraction of sp³-hybridized carbons (Fsp3) is 0.636. The molecule has 3 N–H and O–H groups in total. The van der Waals surface area contributed by atoms with Gasteiger partial charge in [-0.25, -0.2) is 4.99 Å². The number of carbonyl (C=O) groups is 1. The minimum Gasteiger partial charge on any atom is -0.379 e. The molecule has 0 radical (unpaired) electrons. The van der Waals surface area contributed by atoms with Gasteiger partial charge < -0.3 is 20.7 Å². The molecule has 0 heterocycles. The predicted octanol–water partition coefficient (Wildman–Crippen LogP) is 3.33. The van der Waals surface area contributed by atoms with Crippen molar-refractivity contribution in [3.63, 3.8) is 0 Å². The first-order valence-corrected chi connectivity index (χ1v) is 10.2. The van der Waals surface area contributed by atoms with Crippen molar-refractivity contribution in [3.05, 3.63) is 35.4 Å². The van der Waals surface area contributed by atoms with Crippen molar-refractivity contribution in [1.82, 2.24) is 16.0 Å². The van der Waals surface area contributed by atoms with Gasteiger partial charge in [0.05, 0.1) is 12.6 Å². The van der Waals surface area contributed by atoms with Crippen LogP contribution in [0.1, 0.15) is 63.9 Å². The van der Waals surface area contributed by atoms with E-state index in [0.29, 0.717) is 18.7 Å². The maximum absolute atomic E-state index is 12.3. The van der Waals surface area contributed by atoms with Gasteiger partial charge in [-0.05, 0) is 43.4 Å². The zero-order chi connectivity index (χ0) is 21.2. The van der Waals surface area contributed by atoms with Gasteiger partial charge in [-0.1, -0.05) is 39.8 Å².